The number of methoxy groups -OCH3 is 1. The van der Waals surface area contributed by atoms with E-state index in [9.17, 15) is 4.79 Å². The van der Waals surface area contributed by atoms with Crippen LogP contribution in [-0.4, -0.2) is 82.3 Å². The third-order valence-electron chi connectivity index (χ3n) is 5.79. The molecule has 0 atom stereocenters. The molecule has 0 radical (unpaired) electrons. The lowest BCUT2D eigenvalue weighted by atomic mass is 10.1. The molecule has 9 heteroatoms. The Labute approximate surface area is 187 Å². The summed E-state index contributed by atoms with van der Waals surface area (Å²) in [5.74, 6) is 1.48. The van der Waals surface area contributed by atoms with Crippen molar-refractivity contribution in [3.05, 3.63) is 47.0 Å². The Morgan fingerprint density at radius 2 is 1.88 bits per heavy atom. The van der Waals surface area contributed by atoms with Crippen molar-refractivity contribution in [1.29, 1.82) is 0 Å². The quantitative estimate of drug-likeness (QED) is 0.541. The average Bonchev–Trinajstić information content (AvgIpc) is 3.27. The van der Waals surface area contributed by atoms with E-state index in [4.69, 9.17) is 14.6 Å². The van der Waals surface area contributed by atoms with Gasteiger partial charge >= 0.3 is 0 Å². The van der Waals surface area contributed by atoms with Gasteiger partial charge in [-0.05, 0) is 43.8 Å². The zero-order valence-corrected chi connectivity index (χ0v) is 18.7. The number of H-pyrrole nitrogens is 1. The lowest BCUT2D eigenvalue weighted by molar-refractivity contribution is -0.122. The summed E-state index contributed by atoms with van der Waals surface area (Å²) in [5.41, 5.74) is 1.27. The van der Waals surface area contributed by atoms with Gasteiger partial charge in [0.1, 0.15) is 11.6 Å². The molecule has 3 heterocycles. The number of pyridine rings is 1. The number of hydrogen-bond acceptors (Lipinski definition) is 6. The van der Waals surface area contributed by atoms with Crippen LogP contribution >= 0.6 is 0 Å². The van der Waals surface area contributed by atoms with Crippen LogP contribution in [0.3, 0.4) is 0 Å². The summed E-state index contributed by atoms with van der Waals surface area (Å²) in [4.78, 5) is 33.5. The molecule has 1 saturated heterocycles. The molecule has 2 aromatic heterocycles. The molecule has 9 nitrogen and oxygen atoms in total. The molecule has 1 fully saturated rings. The van der Waals surface area contributed by atoms with Gasteiger partial charge in [-0.25, -0.2) is 4.98 Å². The minimum Gasteiger partial charge on any atom is -0.497 e. The van der Waals surface area contributed by atoms with Crippen molar-refractivity contribution in [2.45, 2.75) is 19.9 Å². The summed E-state index contributed by atoms with van der Waals surface area (Å²) in [6, 6.07) is 7.54. The fourth-order valence-electron chi connectivity index (χ4n) is 4.01. The van der Waals surface area contributed by atoms with Gasteiger partial charge in [-0.2, -0.15) is 0 Å². The van der Waals surface area contributed by atoms with Gasteiger partial charge in [0.2, 0.25) is 0 Å². The van der Waals surface area contributed by atoms with Crippen LogP contribution in [0.5, 0.6) is 5.75 Å². The number of benzene rings is 1. The number of aryl methyl sites for hydroxylation is 1. The lowest BCUT2D eigenvalue weighted by Crippen LogP contribution is -2.46. The van der Waals surface area contributed by atoms with Crippen molar-refractivity contribution in [3.8, 4) is 17.1 Å². The maximum Gasteiger partial charge on any atom is 0.290 e. The van der Waals surface area contributed by atoms with Crippen molar-refractivity contribution >= 4 is 17.4 Å². The molecule has 0 spiro atoms. The second kappa shape index (κ2) is 11.4. The van der Waals surface area contributed by atoms with Gasteiger partial charge in [0.25, 0.3) is 12.0 Å². The van der Waals surface area contributed by atoms with Crippen LogP contribution < -0.4 is 10.3 Å². The van der Waals surface area contributed by atoms with E-state index in [1.54, 1.807) is 13.3 Å². The maximum atomic E-state index is 12.7. The first kappa shape index (κ1) is 23.5. The summed E-state index contributed by atoms with van der Waals surface area (Å²) in [5, 5.41) is 7.82. The number of rotatable bonds is 7. The molecule has 3 aromatic rings. The number of aromatic amines is 1. The highest BCUT2D eigenvalue weighted by Gasteiger charge is 2.16. The number of imidazole rings is 1. The Balaban J connectivity index is 0.000000913. The zero-order valence-electron chi connectivity index (χ0n) is 18.7. The third-order valence-corrected chi connectivity index (χ3v) is 5.79. The second-order valence-electron chi connectivity index (χ2n) is 7.64. The number of nitrogens with one attached hydrogen (secondary N) is 1. The second-order valence-corrected chi connectivity index (χ2v) is 7.64. The minimum atomic E-state index is -0.250. The molecular weight excluding hydrogens is 410 g/mol. The molecule has 0 amide bonds. The van der Waals surface area contributed by atoms with E-state index >= 15 is 0 Å². The predicted octanol–water partition coefficient (Wildman–Crippen LogP) is 2.13. The van der Waals surface area contributed by atoms with E-state index in [1.165, 1.54) is 0 Å². The van der Waals surface area contributed by atoms with Gasteiger partial charge in [-0.15, -0.1) is 0 Å². The zero-order chi connectivity index (χ0) is 22.9. The summed E-state index contributed by atoms with van der Waals surface area (Å²) in [6.07, 6.45) is 4.76. The summed E-state index contributed by atoms with van der Waals surface area (Å²) in [6.45, 7) is 9.61. The number of hydrogen-bond donors (Lipinski definition) is 2. The molecule has 1 aliphatic rings. The molecule has 32 heavy (non-hydrogen) atoms. The van der Waals surface area contributed by atoms with E-state index in [2.05, 4.69) is 31.3 Å². The average molecular weight is 442 g/mol. The van der Waals surface area contributed by atoms with Crippen LogP contribution in [0.1, 0.15) is 13.3 Å². The van der Waals surface area contributed by atoms with Gasteiger partial charge in [0.05, 0.1) is 12.7 Å². The fraction of sp³-hybridized carbons (Fsp3) is 0.435. The molecule has 0 unspecified atom stereocenters. The number of fused-ring (bicyclic) bond motifs is 1. The van der Waals surface area contributed by atoms with Gasteiger partial charge in [-0.3, -0.25) is 9.59 Å². The maximum absolute atomic E-state index is 12.7. The molecule has 172 valence electrons. The van der Waals surface area contributed by atoms with Crippen molar-refractivity contribution in [2.75, 3.05) is 46.4 Å². The van der Waals surface area contributed by atoms with Gasteiger partial charge in [-0.1, -0.05) is 6.92 Å². The Kier molecular flexibility index (Phi) is 8.41. The van der Waals surface area contributed by atoms with Crippen LogP contribution in [0.15, 0.2) is 41.5 Å². The van der Waals surface area contributed by atoms with Gasteiger partial charge < -0.3 is 29.2 Å². The topological polar surface area (TPSA) is 104 Å². The molecule has 4 rings (SSSR count). The first-order chi connectivity index (χ1) is 15.6. The van der Waals surface area contributed by atoms with Crippen LogP contribution in [0.2, 0.25) is 0 Å². The standard InChI is InChI=1S/C22H29N5O2.CH2O2/c1-3-25-11-13-26(14-12-25)8-4-9-27-10-7-23-21(27)19-16-17-15-18(29-2)5-6-20(17)24-22(19)28;2-1-3/h5-7,10,15-16H,3-4,8-9,11-14H2,1-2H3,(H,24,28);1H,(H,2,3). The molecule has 0 bridgehead atoms. The Morgan fingerprint density at radius 1 is 1.16 bits per heavy atom. The largest absolute Gasteiger partial charge is 0.497 e. The Hall–Kier alpha value is -3.17. The highest BCUT2D eigenvalue weighted by Crippen LogP contribution is 2.22. The number of carboxylic acid groups (broad SMARTS) is 1. The van der Waals surface area contributed by atoms with Crippen LogP contribution in [0, 0.1) is 0 Å². The Morgan fingerprint density at radius 3 is 2.56 bits per heavy atom. The molecule has 1 aliphatic heterocycles. The number of likely N-dealkylation sites (N-methyl/N-ethyl adjacent to an activating group) is 1. The van der Waals surface area contributed by atoms with Gasteiger partial charge in [0, 0.05) is 56.0 Å². The number of carbonyl (C=O) groups is 1. The van der Waals surface area contributed by atoms with Gasteiger partial charge in [0.15, 0.2) is 0 Å². The summed E-state index contributed by atoms with van der Waals surface area (Å²) < 4.78 is 7.39. The smallest absolute Gasteiger partial charge is 0.290 e. The fourth-order valence-corrected chi connectivity index (χ4v) is 4.01. The normalized spacial score (nSPS) is 14.7. The summed E-state index contributed by atoms with van der Waals surface area (Å²) >= 11 is 0. The van der Waals surface area contributed by atoms with Crippen molar-refractivity contribution in [3.63, 3.8) is 0 Å². The molecule has 0 saturated carbocycles. The van der Waals surface area contributed by atoms with Crippen LogP contribution in [0.4, 0.5) is 0 Å². The minimum absolute atomic E-state index is 0.120. The number of aromatic nitrogens is 3. The van der Waals surface area contributed by atoms with Crippen LogP contribution in [-0.2, 0) is 11.3 Å². The van der Waals surface area contributed by atoms with E-state index in [0.717, 1.165) is 68.9 Å². The van der Waals surface area contributed by atoms with E-state index in [1.807, 2.05) is 30.5 Å². The third kappa shape index (κ3) is 5.74. The number of nitrogens with zero attached hydrogens (tertiary/aromatic N) is 4. The van der Waals surface area contributed by atoms with Crippen LogP contribution in [0.25, 0.3) is 22.3 Å². The number of ether oxygens (including phenoxy) is 1. The molecule has 0 aliphatic carbocycles. The Bertz CT molecular complexity index is 1070. The molecule has 2 N–H and O–H groups in total. The highest BCUT2D eigenvalue weighted by molar-refractivity contribution is 5.83. The van der Waals surface area contributed by atoms with E-state index in [-0.39, 0.29) is 12.0 Å². The first-order valence-electron chi connectivity index (χ1n) is 10.8. The highest BCUT2D eigenvalue weighted by atomic mass is 16.5. The van der Waals surface area contributed by atoms with E-state index in [0.29, 0.717) is 11.4 Å². The van der Waals surface area contributed by atoms with Crippen molar-refractivity contribution in [2.24, 2.45) is 0 Å². The number of piperazine rings is 1. The SMILES string of the molecule is CCN1CCN(CCCn2ccnc2-c2cc3cc(OC)ccc3[nH]c2=O)CC1.O=CO. The predicted molar refractivity (Wildman–Crippen MR) is 124 cm³/mol. The van der Waals surface area contributed by atoms with E-state index < -0.39 is 0 Å². The monoisotopic (exact) mass is 441 g/mol. The lowest BCUT2D eigenvalue weighted by Gasteiger charge is -2.34. The molecular formula is C23H31N5O4. The molecule has 1 aromatic carbocycles. The van der Waals surface area contributed by atoms with Crippen molar-refractivity contribution in [1.82, 2.24) is 24.3 Å². The van der Waals surface area contributed by atoms with Crippen molar-refractivity contribution < 1.29 is 14.6 Å². The first-order valence-corrected chi connectivity index (χ1v) is 10.8. The summed E-state index contributed by atoms with van der Waals surface area (Å²) in [7, 11) is 1.64.